The monoisotopic (exact) mass is 545 g/mol. The number of benzene rings is 3. The standard InChI is InChI=1S/C26H24ClNO8S/c1-16(13-24(29)33-2)17-3-8-20(9-4-17)36-25(18-5-12-22-23(14-18)35-15-34-22)26(30)28-37(31,32)21-10-6-19(27)7-11-21/h3-12,14,16,25H,13,15H2,1-2H3,(H,28,30). The summed E-state index contributed by atoms with van der Waals surface area (Å²) in [5, 5.41) is 0.358. The molecule has 9 nitrogen and oxygen atoms in total. The van der Waals surface area contributed by atoms with E-state index in [1.54, 1.807) is 42.5 Å². The summed E-state index contributed by atoms with van der Waals surface area (Å²) in [6, 6.07) is 17.0. The average Bonchev–Trinajstić information content (AvgIpc) is 3.35. The number of halogens is 1. The van der Waals surface area contributed by atoms with Crippen molar-refractivity contribution in [3.05, 3.63) is 82.9 Å². The molecule has 1 heterocycles. The predicted molar refractivity (Wildman–Crippen MR) is 134 cm³/mol. The maximum Gasteiger partial charge on any atom is 0.306 e. The van der Waals surface area contributed by atoms with Crippen LogP contribution in [0.15, 0.2) is 71.6 Å². The Labute approximate surface area is 219 Å². The van der Waals surface area contributed by atoms with E-state index in [0.29, 0.717) is 27.8 Å². The number of sulfonamides is 1. The lowest BCUT2D eigenvalue weighted by Crippen LogP contribution is -2.36. The van der Waals surface area contributed by atoms with Gasteiger partial charge in [-0.05, 0) is 60.0 Å². The Hall–Kier alpha value is -3.76. The van der Waals surface area contributed by atoms with Crippen LogP contribution >= 0.6 is 11.6 Å². The molecule has 1 N–H and O–H groups in total. The molecular weight excluding hydrogens is 522 g/mol. The van der Waals surface area contributed by atoms with Crippen molar-refractivity contribution in [1.29, 1.82) is 0 Å². The first-order valence-electron chi connectivity index (χ1n) is 11.2. The van der Waals surface area contributed by atoms with Gasteiger partial charge in [0.15, 0.2) is 11.5 Å². The molecule has 11 heteroatoms. The SMILES string of the molecule is COC(=O)CC(C)c1ccc(OC(C(=O)NS(=O)(=O)c2ccc(Cl)cc2)c2ccc3c(c2)OCO3)cc1. The van der Waals surface area contributed by atoms with Crippen LogP contribution in [0.5, 0.6) is 17.2 Å². The molecule has 0 radical (unpaired) electrons. The Morgan fingerprint density at radius 2 is 1.62 bits per heavy atom. The summed E-state index contributed by atoms with van der Waals surface area (Å²) >= 11 is 5.85. The highest BCUT2D eigenvalue weighted by molar-refractivity contribution is 7.90. The van der Waals surface area contributed by atoms with Crippen molar-refractivity contribution in [2.75, 3.05) is 13.9 Å². The van der Waals surface area contributed by atoms with Gasteiger partial charge in [-0.15, -0.1) is 0 Å². The van der Waals surface area contributed by atoms with Crippen LogP contribution in [-0.2, 0) is 24.3 Å². The molecule has 0 saturated heterocycles. The highest BCUT2D eigenvalue weighted by Crippen LogP contribution is 2.36. The molecule has 3 aromatic rings. The smallest absolute Gasteiger partial charge is 0.306 e. The van der Waals surface area contributed by atoms with E-state index in [1.807, 2.05) is 6.92 Å². The molecule has 1 aliphatic heterocycles. The van der Waals surface area contributed by atoms with Crippen LogP contribution < -0.4 is 18.9 Å². The van der Waals surface area contributed by atoms with Gasteiger partial charge in [-0.3, -0.25) is 9.59 Å². The molecule has 4 rings (SSSR count). The van der Waals surface area contributed by atoms with Gasteiger partial charge in [0.25, 0.3) is 15.9 Å². The van der Waals surface area contributed by atoms with Crippen molar-refractivity contribution in [2.45, 2.75) is 30.3 Å². The first-order chi connectivity index (χ1) is 17.7. The van der Waals surface area contributed by atoms with E-state index in [2.05, 4.69) is 4.72 Å². The van der Waals surface area contributed by atoms with Crippen molar-refractivity contribution in [1.82, 2.24) is 4.72 Å². The molecule has 194 valence electrons. The van der Waals surface area contributed by atoms with Crippen molar-refractivity contribution < 1.29 is 37.0 Å². The van der Waals surface area contributed by atoms with Gasteiger partial charge in [-0.25, -0.2) is 13.1 Å². The summed E-state index contributed by atoms with van der Waals surface area (Å²) < 4.78 is 49.2. The number of carbonyl (C=O) groups excluding carboxylic acids is 2. The number of amides is 1. The van der Waals surface area contributed by atoms with Crippen LogP contribution in [0.1, 0.15) is 36.5 Å². The zero-order valence-corrected chi connectivity index (χ0v) is 21.5. The summed E-state index contributed by atoms with van der Waals surface area (Å²) in [6.45, 7) is 1.92. The van der Waals surface area contributed by atoms with E-state index < -0.39 is 22.0 Å². The molecule has 0 bridgehead atoms. The fraction of sp³-hybridized carbons (Fsp3) is 0.231. The lowest BCUT2D eigenvalue weighted by Gasteiger charge is -2.20. The highest BCUT2D eigenvalue weighted by Gasteiger charge is 2.29. The number of carbonyl (C=O) groups is 2. The Kier molecular flexibility index (Phi) is 7.89. The molecule has 1 aliphatic rings. The minimum absolute atomic E-state index is 0.0344. The van der Waals surface area contributed by atoms with Gasteiger partial charge in [0.2, 0.25) is 12.9 Å². The van der Waals surface area contributed by atoms with Crippen LogP contribution in [0, 0.1) is 0 Å². The number of methoxy groups -OCH3 is 1. The van der Waals surface area contributed by atoms with Crippen LogP contribution in [0.25, 0.3) is 0 Å². The Morgan fingerprint density at radius 3 is 2.30 bits per heavy atom. The largest absolute Gasteiger partial charge is 0.476 e. The number of fused-ring (bicyclic) bond motifs is 1. The zero-order chi connectivity index (χ0) is 26.6. The van der Waals surface area contributed by atoms with Gasteiger partial charge in [-0.2, -0.15) is 0 Å². The third-order valence-corrected chi connectivity index (χ3v) is 7.31. The van der Waals surface area contributed by atoms with Gasteiger partial charge in [0.05, 0.1) is 18.4 Å². The number of rotatable bonds is 9. The second-order valence-corrected chi connectivity index (χ2v) is 10.4. The van der Waals surface area contributed by atoms with Gasteiger partial charge in [0.1, 0.15) is 5.75 Å². The summed E-state index contributed by atoms with van der Waals surface area (Å²) in [5.74, 6) is -0.104. The lowest BCUT2D eigenvalue weighted by molar-refractivity contribution is -0.141. The van der Waals surface area contributed by atoms with Crippen molar-refractivity contribution in [3.8, 4) is 17.2 Å². The molecule has 1 amide bonds. The van der Waals surface area contributed by atoms with Crippen LogP contribution in [0.4, 0.5) is 0 Å². The fourth-order valence-corrected chi connectivity index (χ4v) is 4.78. The number of ether oxygens (including phenoxy) is 4. The zero-order valence-electron chi connectivity index (χ0n) is 20.0. The van der Waals surface area contributed by atoms with Gasteiger partial charge in [0, 0.05) is 10.6 Å². The number of nitrogens with one attached hydrogen (secondary N) is 1. The number of hydrogen-bond donors (Lipinski definition) is 1. The van der Waals surface area contributed by atoms with E-state index in [1.165, 1.54) is 31.4 Å². The van der Waals surface area contributed by atoms with Gasteiger partial charge >= 0.3 is 5.97 Å². The number of hydrogen-bond acceptors (Lipinski definition) is 8. The molecule has 2 atom stereocenters. The highest BCUT2D eigenvalue weighted by atomic mass is 35.5. The molecule has 0 aliphatic carbocycles. The molecule has 0 aromatic heterocycles. The second kappa shape index (κ2) is 11.1. The maximum absolute atomic E-state index is 13.3. The normalized spacial score (nSPS) is 13.9. The van der Waals surface area contributed by atoms with E-state index in [9.17, 15) is 18.0 Å². The molecule has 0 saturated carbocycles. The predicted octanol–water partition coefficient (Wildman–Crippen LogP) is 4.36. The molecular formula is C26H24ClNO8S. The molecule has 2 unspecified atom stereocenters. The Balaban J connectivity index is 1.59. The first-order valence-corrected chi connectivity index (χ1v) is 13.1. The molecule has 37 heavy (non-hydrogen) atoms. The minimum atomic E-state index is -4.20. The fourth-order valence-electron chi connectivity index (χ4n) is 3.67. The Bertz CT molecular complexity index is 1390. The summed E-state index contributed by atoms with van der Waals surface area (Å²) in [6.07, 6.45) is -1.13. The molecule has 3 aromatic carbocycles. The summed E-state index contributed by atoms with van der Waals surface area (Å²) in [5.41, 5.74) is 1.23. The third kappa shape index (κ3) is 6.33. The van der Waals surface area contributed by atoms with E-state index in [0.717, 1.165) is 5.56 Å². The second-order valence-electron chi connectivity index (χ2n) is 8.28. The third-order valence-electron chi connectivity index (χ3n) is 5.70. The topological polar surface area (TPSA) is 117 Å². The minimum Gasteiger partial charge on any atom is -0.476 e. The van der Waals surface area contributed by atoms with E-state index >= 15 is 0 Å². The molecule has 0 spiro atoms. The maximum atomic E-state index is 13.3. The first kappa shape index (κ1) is 26.3. The summed E-state index contributed by atoms with van der Waals surface area (Å²) in [4.78, 5) is 24.7. The summed E-state index contributed by atoms with van der Waals surface area (Å²) in [7, 11) is -2.87. The lowest BCUT2D eigenvalue weighted by atomic mass is 9.98. The van der Waals surface area contributed by atoms with Gasteiger partial charge in [-0.1, -0.05) is 36.7 Å². The van der Waals surface area contributed by atoms with Crippen LogP contribution in [0.3, 0.4) is 0 Å². The van der Waals surface area contributed by atoms with Crippen LogP contribution in [0.2, 0.25) is 5.02 Å². The van der Waals surface area contributed by atoms with E-state index in [4.69, 9.17) is 30.5 Å². The van der Waals surface area contributed by atoms with Gasteiger partial charge < -0.3 is 18.9 Å². The molecule has 0 fully saturated rings. The average molecular weight is 546 g/mol. The van der Waals surface area contributed by atoms with Crippen molar-refractivity contribution >= 4 is 33.5 Å². The number of esters is 1. The van der Waals surface area contributed by atoms with E-state index in [-0.39, 0.29) is 30.0 Å². The Morgan fingerprint density at radius 1 is 0.973 bits per heavy atom. The quantitative estimate of drug-likeness (QED) is 0.394. The van der Waals surface area contributed by atoms with Crippen molar-refractivity contribution in [3.63, 3.8) is 0 Å². The van der Waals surface area contributed by atoms with Crippen molar-refractivity contribution in [2.24, 2.45) is 0 Å². The van der Waals surface area contributed by atoms with Crippen LogP contribution in [-0.4, -0.2) is 34.2 Å².